The first-order valence-electron chi connectivity index (χ1n) is 6.55. The molecule has 0 aliphatic carbocycles. The average Bonchev–Trinajstić information content (AvgIpc) is 2.45. The van der Waals surface area contributed by atoms with Crippen LogP contribution in [0.4, 0.5) is 5.82 Å². The maximum atomic E-state index is 5.67. The molecular weight excluding hydrogens is 236 g/mol. The SMILES string of the molecule is CCN(Cc1cccc(C)n1)c1cc(CN)ccn1. The molecule has 0 radical (unpaired) electrons. The highest BCUT2D eigenvalue weighted by Gasteiger charge is 2.08. The van der Waals surface area contributed by atoms with E-state index < -0.39 is 0 Å². The van der Waals surface area contributed by atoms with Crippen LogP contribution in [-0.4, -0.2) is 16.5 Å². The van der Waals surface area contributed by atoms with E-state index in [1.54, 1.807) is 0 Å². The standard InChI is InChI=1S/C15H20N4/c1-3-19(11-14-6-4-5-12(2)18-14)15-9-13(10-16)7-8-17-15/h4-9H,3,10-11,16H2,1-2H3. The predicted octanol–water partition coefficient (Wildman–Crippen LogP) is 2.27. The number of hydrogen-bond acceptors (Lipinski definition) is 4. The summed E-state index contributed by atoms with van der Waals surface area (Å²) in [6.45, 7) is 6.31. The lowest BCUT2D eigenvalue weighted by molar-refractivity contribution is 0.788. The van der Waals surface area contributed by atoms with Crippen LogP contribution in [0.2, 0.25) is 0 Å². The molecule has 0 aromatic carbocycles. The van der Waals surface area contributed by atoms with E-state index in [1.807, 2.05) is 43.5 Å². The van der Waals surface area contributed by atoms with Crippen molar-refractivity contribution in [2.45, 2.75) is 26.9 Å². The lowest BCUT2D eigenvalue weighted by Gasteiger charge is -2.22. The molecule has 0 aliphatic rings. The zero-order chi connectivity index (χ0) is 13.7. The second-order valence-corrected chi connectivity index (χ2v) is 4.51. The number of nitrogens with two attached hydrogens (primary N) is 1. The number of anilines is 1. The number of aryl methyl sites for hydroxylation is 1. The van der Waals surface area contributed by atoms with Crippen molar-refractivity contribution in [3.63, 3.8) is 0 Å². The largest absolute Gasteiger partial charge is 0.351 e. The van der Waals surface area contributed by atoms with Crippen LogP contribution in [0.1, 0.15) is 23.9 Å². The molecule has 0 bridgehead atoms. The zero-order valence-corrected chi connectivity index (χ0v) is 11.5. The van der Waals surface area contributed by atoms with Gasteiger partial charge in [-0.15, -0.1) is 0 Å². The number of pyridine rings is 2. The lowest BCUT2D eigenvalue weighted by Crippen LogP contribution is -2.24. The third-order valence-corrected chi connectivity index (χ3v) is 3.05. The summed E-state index contributed by atoms with van der Waals surface area (Å²) < 4.78 is 0. The van der Waals surface area contributed by atoms with E-state index in [9.17, 15) is 0 Å². The quantitative estimate of drug-likeness (QED) is 0.891. The van der Waals surface area contributed by atoms with Crippen LogP contribution in [0.25, 0.3) is 0 Å². The minimum absolute atomic E-state index is 0.537. The van der Waals surface area contributed by atoms with Crippen LogP contribution >= 0.6 is 0 Å². The Labute approximate surface area is 114 Å². The van der Waals surface area contributed by atoms with Crippen molar-refractivity contribution >= 4 is 5.82 Å². The molecule has 0 unspecified atom stereocenters. The van der Waals surface area contributed by atoms with Crippen LogP contribution < -0.4 is 10.6 Å². The summed E-state index contributed by atoms with van der Waals surface area (Å²) in [5.41, 5.74) is 8.87. The smallest absolute Gasteiger partial charge is 0.129 e. The van der Waals surface area contributed by atoms with E-state index in [1.165, 1.54) is 0 Å². The fourth-order valence-electron chi connectivity index (χ4n) is 2.00. The molecule has 4 heteroatoms. The fraction of sp³-hybridized carbons (Fsp3) is 0.333. The molecule has 2 aromatic heterocycles. The summed E-state index contributed by atoms with van der Waals surface area (Å²) in [5, 5.41) is 0. The minimum Gasteiger partial charge on any atom is -0.351 e. The van der Waals surface area contributed by atoms with Gasteiger partial charge in [0.15, 0.2) is 0 Å². The molecule has 100 valence electrons. The number of nitrogens with zero attached hydrogens (tertiary/aromatic N) is 3. The zero-order valence-electron chi connectivity index (χ0n) is 11.5. The van der Waals surface area contributed by atoms with Crippen molar-refractivity contribution in [1.29, 1.82) is 0 Å². The highest BCUT2D eigenvalue weighted by Crippen LogP contribution is 2.15. The summed E-state index contributed by atoms with van der Waals surface area (Å²) in [6.07, 6.45) is 1.81. The van der Waals surface area contributed by atoms with Gasteiger partial charge >= 0.3 is 0 Å². The summed E-state index contributed by atoms with van der Waals surface area (Å²) in [7, 11) is 0. The van der Waals surface area contributed by atoms with Crippen molar-refractivity contribution in [1.82, 2.24) is 9.97 Å². The van der Waals surface area contributed by atoms with Crippen molar-refractivity contribution in [2.24, 2.45) is 5.73 Å². The minimum atomic E-state index is 0.537. The summed E-state index contributed by atoms with van der Waals surface area (Å²) in [6, 6.07) is 10.1. The lowest BCUT2D eigenvalue weighted by atomic mass is 10.2. The molecule has 0 saturated carbocycles. The second-order valence-electron chi connectivity index (χ2n) is 4.51. The Bertz CT molecular complexity index is 539. The third kappa shape index (κ3) is 3.51. The van der Waals surface area contributed by atoms with Gasteiger partial charge in [0.25, 0.3) is 0 Å². The van der Waals surface area contributed by atoms with E-state index in [0.717, 1.165) is 35.9 Å². The Morgan fingerprint density at radius 3 is 2.79 bits per heavy atom. The second kappa shape index (κ2) is 6.29. The summed E-state index contributed by atoms with van der Waals surface area (Å²) in [4.78, 5) is 11.1. The van der Waals surface area contributed by atoms with Gasteiger partial charge in [0.1, 0.15) is 5.82 Å². The Morgan fingerprint density at radius 1 is 1.26 bits per heavy atom. The molecule has 2 N–H and O–H groups in total. The van der Waals surface area contributed by atoms with E-state index in [-0.39, 0.29) is 0 Å². The Hall–Kier alpha value is -1.94. The van der Waals surface area contributed by atoms with Crippen LogP contribution in [-0.2, 0) is 13.1 Å². The van der Waals surface area contributed by atoms with Gasteiger partial charge in [-0.25, -0.2) is 4.98 Å². The molecule has 19 heavy (non-hydrogen) atoms. The number of hydrogen-bond donors (Lipinski definition) is 1. The van der Waals surface area contributed by atoms with Crippen molar-refractivity contribution in [2.75, 3.05) is 11.4 Å². The van der Waals surface area contributed by atoms with Crippen LogP contribution in [0.5, 0.6) is 0 Å². The number of aromatic nitrogens is 2. The van der Waals surface area contributed by atoms with E-state index in [2.05, 4.69) is 21.8 Å². The van der Waals surface area contributed by atoms with Crippen molar-refractivity contribution in [3.05, 3.63) is 53.5 Å². The maximum absolute atomic E-state index is 5.67. The molecule has 2 rings (SSSR count). The molecular formula is C15H20N4. The van der Waals surface area contributed by atoms with Crippen LogP contribution in [0.15, 0.2) is 36.5 Å². The van der Waals surface area contributed by atoms with Crippen molar-refractivity contribution in [3.8, 4) is 0 Å². The highest BCUT2D eigenvalue weighted by molar-refractivity contribution is 5.41. The van der Waals surface area contributed by atoms with E-state index in [4.69, 9.17) is 5.73 Å². The first kappa shape index (κ1) is 13.5. The molecule has 2 heterocycles. The van der Waals surface area contributed by atoms with E-state index >= 15 is 0 Å². The molecule has 0 atom stereocenters. The fourth-order valence-corrected chi connectivity index (χ4v) is 2.00. The van der Waals surface area contributed by atoms with Crippen LogP contribution in [0.3, 0.4) is 0 Å². The first-order valence-corrected chi connectivity index (χ1v) is 6.55. The first-order chi connectivity index (χ1) is 9.22. The molecule has 0 amide bonds. The Balaban J connectivity index is 2.19. The van der Waals surface area contributed by atoms with Crippen LogP contribution in [0, 0.1) is 6.92 Å². The summed E-state index contributed by atoms with van der Waals surface area (Å²) >= 11 is 0. The normalized spacial score (nSPS) is 10.5. The van der Waals surface area contributed by atoms with Gasteiger partial charge in [0, 0.05) is 25.0 Å². The molecule has 0 spiro atoms. The summed E-state index contributed by atoms with van der Waals surface area (Å²) in [5.74, 6) is 0.953. The number of rotatable bonds is 5. The van der Waals surface area contributed by atoms with Gasteiger partial charge < -0.3 is 10.6 Å². The van der Waals surface area contributed by atoms with Crippen molar-refractivity contribution < 1.29 is 0 Å². The van der Waals surface area contributed by atoms with Gasteiger partial charge in [-0.05, 0) is 43.7 Å². The molecule has 0 saturated heterocycles. The highest BCUT2D eigenvalue weighted by atomic mass is 15.2. The Morgan fingerprint density at radius 2 is 2.11 bits per heavy atom. The van der Waals surface area contributed by atoms with E-state index in [0.29, 0.717) is 6.54 Å². The Kier molecular flexibility index (Phi) is 4.47. The molecule has 0 fully saturated rings. The van der Waals surface area contributed by atoms with Gasteiger partial charge in [0.05, 0.1) is 12.2 Å². The van der Waals surface area contributed by atoms with Gasteiger partial charge in [-0.1, -0.05) is 6.07 Å². The van der Waals surface area contributed by atoms with Gasteiger partial charge in [-0.2, -0.15) is 0 Å². The average molecular weight is 256 g/mol. The molecule has 4 nitrogen and oxygen atoms in total. The maximum Gasteiger partial charge on any atom is 0.129 e. The third-order valence-electron chi connectivity index (χ3n) is 3.05. The predicted molar refractivity (Wildman–Crippen MR) is 77.8 cm³/mol. The monoisotopic (exact) mass is 256 g/mol. The molecule has 0 aliphatic heterocycles. The van der Waals surface area contributed by atoms with Gasteiger partial charge in [-0.3, -0.25) is 4.98 Å². The van der Waals surface area contributed by atoms with Gasteiger partial charge in [0.2, 0.25) is 0 Å². The molecule has 2 aromatic rings. The topological polar surface area (TPSA) is 55.0 Å².